The van der Waals surface area contributed by atoms with E-state index >= 15 is 0 Å². The topological polar surface area (TPSA) is 38.0 Å². The number of thiophene rings is 2. The van der Waals surface area contributed by atoms with E-state index in [9.17, 15) is 11.8 Å². The maximum atomic E-state index is 12.1. The molecule has 0 radical (unpaired) electrons. The van der Waals surface area contributed by atoms with Gasteiger partial charge < -0.3 is 9.13 Å². The summed E-state index contributed by atoms with van der Waals surface area (Å²) in [5, 5.41) is 20.0. The van der Waals surface area contributed by atoms with Gasteiger partial charge in [0.15, 0.2) is 0 Å². The molecule has 0 aliphatic heterocycles. The summed E-state index contributed by atoms with van der Waals surface area (Å²) in [4.78, 5) is 4.49. The molecule has 0 unspecified atom stereocenters. The summed E-state index contributed by atoms with van der Waals surface area (Å²) in [6.07, 6.45) is 0. The molecule has 0 saturated carbocycles. The van der Waals surface area contributed by atoms with Crippen LogP contribution in [-0.4, -0.2) is 9.13 Å². The lowest BCUT2D eigenvalue weighted by molar-refractivity contribution is 1.14. The van der Waals surface area contributed by atoms with E-state index in [0.29, 0.717) is 39.3 Å². The summed E-state index contributed by atoms with van der Waals surface area (Å²) in [5.41, 5.74) is 9.03. The molecule has 4 nitrogen and oxygen atoms in total. The van der Waals surface area contributed by atoms with Gasteiger partial charge in [-0.3, -0.25) is 0 Å². The summed E-state index contributed by atoms with van der Waals surface area (Å²) in [6, 6.07) is 60.3. The molecular formula is C62H34N4S2. The van der Waals surface area contributed by atoms with E-state index in [1.807, 2.05) is 91.0 Å². The smallest absolute Gasteiger partial charge is 0.220 e. The first-order valence-corrected chi connectivity index (χ1v) is 23.8. The predicted octanol–water partition coefficient (Wildman–Crippen LogP) is 18.0. The van der Waals surface area contributed by atoms with E-state index in [1.165, 1.54) is 0 Å². The number of nitriles is 1. The number of rotatable bonds is 5. The van der Waals surface area contributed by atoms with Crippen molar-refractivity contribution < 1.29 is 6.85 Å². The average molecular weight is 904 g/mol. The van der Waals surface area contributed by atoms with Crippen molar-refractivity contribution in [3.05, 3.63) is 223 Å². The van der Waals surface area contributed by atoms with Gasteiger partial charge in [-0.25, -0.2) is 4.85 Å². The van der Waals surface area contributed by atoms with Crippen LogP contribution in [0.3, 0.4) is 0 Å². The van der Waals surface area contributed by atoms with Crippen LogP contribution in [0.4, 0.5) is 5.69 Å². The van der Waals surface area contributed by atoms with Crippen molar-refractivity contribution in [3.63, 3.8) is 0 Å². The van der Waals surface area contributed by atoms with Crippen molar-refractivity contribution in [1.29, 1.82) is 5.26 Å². The number of nitrogens with zero attached hydrogens (tertiary/aromatic N) is 4. The first-order valence-electron chi connectivity index (χ1n) is 24.7. The molecule has 4 heterocycles. The second-order valence-electron chi connectivity index (χ2n) is 16.9. The largest absolute Gasteiger partial charge is 0.318 e. The second kappa shape index (κ2) is 14.9. The van der Waals surface area contributed by atoms with Gasteiger partial charge in [0, 0.05) is 63.6 Å². The maximum absolute atomic E-state index is 12.1. The fourth-order valence-corrected chi connectivity index (χ4v) is 13.3. The van der Waals surface area contributed by atoms with Gasteiger partial charge in [0.1, 0.15) is 6.07 Å². The highest BCUT2D eigenvalue weighted by Gasteiger charge is 2.33. The number of aromatic nitrogens is 2. The molecule has 0 N–H and O–H groups in total. The fraction of sp³-hybridized carbons (Fsp3) is 0. The molecule has 68 heavy (non-hydrogen) atoms. The second-order valence-corrected chi connectivity index (χ2v) is 19.0. The van der Waals surface area contributed by atoms with Gasteiger partial charge in [0.25, 0.3) is 0 Å². The summed E-state index contributed by atoms with van der Waals surface area (Å²) in [6.45, 7) is 9.27. The van der Waals surface area contributed by atoms with Crippen LogP contribution in [0.2, 0.25) is 0 Å². The molecule has 0 aliphatic carbocycles. The van der Waals surface area contributed by atoms with E-state index < -0.39 is 18.1 Å². The first-order chi connectivity index (χ1) is 35.8. The molecule has 0 saturated heterocycles. The van der Waals surface area contributed by atoms with Crippen molar-refractivity contribution in [2.75, 3.05) is 0 Å². The lowest BCUT2D eigenvalue weighted by Gasteiger charge is -2.26. The highest BCUT2D eigenvalue weighted by Crippen LogP contribution is 2.55. The summed E-state index contributed by atoms with van der Waals surface area (Å²) in [5.74, 6) is 0. The van der Waals surface area contributed by atoms with Crippen LogP contribution < -0.4 is 0 Å². The lowest BCUT2D eigenvalue weighted by Crippen LogP contribution is -2.09. The van der Waals surface area contributed by atoms with Crippen LogP contribution in [0.5, 0.6) is 0 Å². The van der Waals surface area contributed by atoms with Crippen molar-refractivity contribution in [2.45, 2.75) is 0 Å². The molecule has 4 aromatic heterocycles. The van der Waals surface area contributed by atoms with Gasteiger partial charge in [-0.1, -0.05) is 182 Å². The van der Waals surface area contributed by atoms with Gasteiger partial charge >= 0.3 is 0 Å². The number of hydrogen-bond acceptors (Lipinski definition) is 3. The summed E-state index contributed by atoms with van der Waals surface area (Å²) < 4.78 is 52.4. The Bertz CT molecular complexity index is 4740. The van der Waals surface area contributed by atoms with Gasteiger partial charge in [-0.05, 0) is 46.5 Å². The molecule has 14 rings (SSSR count). The molecule has 0 fully saturated rings. The maximum Gasteiger partial charge on any atom is 0.220 e. The first kappa shape index (κ1) is 33.7. The van der Waals surface area contributed by atoms with Crippen LogP contribution in [0.25, 0.3) is 134 Å². The van der Waals surface area contributed by atoms with Crippen LogP contribution >= 0.6 is 22.7 Å². The Morgan fingerprint density at radius 3 is 1.68 bits per heavy atom. The van der Waals surface area contributed by atoms with Gasteiger partial charge in [-0.15, -0.1) is 22.7 Å². The van der Waals surface area contributed by atoms with Crippen LogP contribution in [0, 0.1) is 17.9 Å². The molecule has 314 valence electrons. The standard InChI is InChI=1S/C62H34N4S2/c1-64-56-53(38-20-7-3-8-21-38)48(36-63)57(54(39-22-9-4-10-23-39)60(56)65-49-28-14-11-24-41(49)42-25-12-15-29-50(42)65)66-58-44(32-34-46-43-26-13-16-30-51(43)67-61(46)58)45-33-35-47-55-40(37-18-5-2-6-19-37)27-17-31-52(55)68-62(47)59(45)66/h2-35H/i2D,5D,6D,18D,19D. The Labute approximate surface area is 405 Å². The van der Waals surface area contributed by atoms with Crippen LogP contribution in [-0.2, 0) is 0 Å². The third-order valence-corrected chi connectivity index (χ3v) is 15.8. The molecular weight excluding hydrogens is 865 g/mol. The number of benzene rings is 10. The molecule has 14 aromatic rings. The summed E-state index contributed by atoms with van der Waals surface area (Å²) >= 11 is 3.29. The zero-order valence-electron chi connectivity index (χ0n) is 40.8. The van der Waals surface area contributed by atoms with E-state index in [2.05, 4.69) is 105 Å². The predicted molar refractivity (Wildman–Crippen MR) is 288 cm³/mol. The highest BCUT2D eigenvalue weighted by atomic mass is 32.1. The SMILES string of the molecule is [2H]c1c([2H])c([2H])c(-c2cccc3sc4c(ccc5c6ccc7c8ccccc8sc7c6n(-c6c(C#N)c(-c7ccccc7)c([N+]#[C-])c(-n7c8ccccc8c8ccccc87)c6-c6ccccc6)c54)c23)c([2H])c1[2H]. The fourth-order valence-electron chi connectivity index (χ4n) is 10.8. The van der Waals surface area contributed by atoms with E-state index in [1.54, 1.807) is 22.7 Å². The van der Waals surface area contributed by atoms with E-state index in [0.717, 1.165) is 95.1 Å². The van der Waals surface area contributed by atoms with Crippen molar-refractivity contribution in [1.82, 2.24) is 9.13 Å². The van der Waals surface area contributed by atoms with Crippen LogP contribution in [0.15, 0.2) is 206 Å². The third kappa shape index (κ3) is 5.33. The van der Waals surface area contributed by atoms with Crippen molar-refractivity contribution in [3.8, 4) is 50.8 Å². The van der Waals surface area contributed by atoms with E-state index in [4.69, 9.17) is 6.85 Å². The molecule has 0 spiro atoms. The number of hydrogen-bond donors (Lipinski definition) is 0. The normalized spacial score (nSPS) is 12.8. The minimum absolute atomic E-state index is 0.139. The van der Waals surface area contributed by atoms with Gasteiger partial charge in [0.2, 0.25) is 5.69 Å². The number of para-hydroxylation sites is 2. The zero-order valence-corrected chi connectivity index (χ0v) is 37.5. The average Bonchev–Trinajstić information content (AvgIpc) is 4.20. The van der Waals surface area contributed by atoms with Crippen molar-refractivity contribution in [2.24, 2.45) is 0 Å². The monoisotopic (exact) mass is 903 g/mol. The minimum atomic E-state index is -0.443. The zero-order chi connectivity index (χ0) is 49.4. The number of fused-ring (bicyclic) bond motifs is 14. The Morgan fingerprint density at radius 1 is 0.471 bits per heavy atom. The molecule has 0 amide bonds. The van der Waals surface area contributed by atoms with E-state index in [-0.39, 0.29) is 17.6 Å². The molecule has 10 aromatic carbocycles. The summed E-state index contributed by atoms with van der Waals surface area (Å²) in [7, 11) is 0. The highest BCUT2D eigenvalue weighted by molar-refractivity contribution is 7.27. The van der Waals surface area contributed by atoms with Gasteiger partial charge in [-0.2, -0.15) is 5.26 Å². The molecule has 6 heteroatoms. The van der Waals surface area contributed by atoms with Gasteiger partial charge in [0.05, 0.1) is 61.8 Å². The van der Waals surface area contributed by atoms with Crippen LogP contribution in [0.1, 0.15) is 12.4 Å². The van der Waals surface area contributed by atoms with Crippen molar-refractivity contribution >= 4 is 112 Å². The lowest BCUT2D eigenvalue weighted by atomic mass is 9.88. The quantitative estimate of drug-likeness (QED) is 0.159. The third-order valence-electron chi connectivity index (χ3n) is 13.5. The Morgan fingerprint density at radius 2 is 1.01 bits per heavy atom. The molecule has 0 atom stereocenters. The Hall–Kier alpha value is -8.78. The Balaban J connectivity index is 1.28. The minimum Gasteiger partial charge on any atom is -0.318 e. The molecule has 0 bridgehead atoms. The Kier molecular flexibility index (Phi) is 7.36. The molecule has 0 aliphatic rings.